The summed E-state index contributed by atoms with van der Waals surface area (Å²) in [6, 6.07) is 5.74. The summed E-state index contributed by atoms with van der Waals surface area (Å²) in [5.41, 5.74) is 5.99. The van der Waals surface area contributed by atoms with Gasteiger partial charge in [-0.2, -0.15) is 0 Å². The minimum absolute atomic E-state index is 0.109. The first-order chi connectivity index (χ1) is 8.56. The Morgan fingerprint density at radius 1 is 1.39 bits per heavy atom. The Hall–Kier alpha value is -1.10. The van der Waals surface area contributed by atoms with Crippen molar-refractivity contribution in [3.05, 3.63) is 45.4 Å². The van der Waals surface area contributed by atoms with Gasteiger partial charge in [-0.05, 0) is 26.0 Å². The van der Waals surface area contributed by atoms with Crippen LogP contribution in [-0.4, -0.2) is 11.0 Å². The molecule has 0 saturated heterocycles. The lowest BCUT2D eigenvalue weighted by Crippen LogP contribution is -2.28. The number of ether oxygens (including phenoxy) is 1. The molecule has 5 heteroatoms. The van der Waals surface area contributed by atoms with E-state index in [2.05, 4.69) is 18.0 Å². The van der Waals surface area contributed by atoms with Gasteiger partial charge < -0.3 is 10.5 Å². The summed E-state index contributed by atoms with van der Waals surface area (Å²) in [5, 5.41) is 0.554. The number of thiophene rings is 1. The van der Waals surface area contributed by atoms with Gasteiger partial charge in [-0.15, -0.1) is 11.3 Å². The van der Waals surface area contributed by atoms with E-state index in [1.54, 1.807) is 29.8 Å². The van der Waals surface area contributed by atoms with Gasteiger partial charge in [-0.25, -0.2) is 0 Å². The van der Waals surface area contributed by atoms with Crippen LogP contribution in [0.25, 0.3) is 0 Å². The number of pyridine rings is 1. The predicted molar refractivity (Wildman–Crippen MR) is 75.3 cm³/mol. The van der Waals surface area contributed by atoms with E-state index in [1.807, 2.05) is 13.0 Å². The molecular weight excluding hydrogens is 268 g/mol. The SMILES string of the molecule is Cc1ccc(C(Oc2cncc(Cl)c2)C(C)N)s1. The number of nitrogens with zero attached hydrogens (tertiary/aromatic N) is 1. The lowest BCUT2D eigenvalue weighted by Gasteiger charge is -2.21. The number of nitrogens with two attached hydrogens (primary N) is 1. The second-order valence-electron chi connectivity index (χ2n) is 4.18. The Kier molecular flexibility index (Phi) is 4.22. The first-order valence-electron chi connectivity index (χ1n) is 5.65. The normalized spacial score (nSPS) is 14.2. The molecule has 2 rings (SSSR count). The largest absolute Gasteiger partial charge is 0.482 e. The van der Waals surface area contributed by atoms with Crippen molar-refractivity contribution in [2.45, 2.75) is 26.0 Å². The first kappa shape index (κ1) is 13.3. The lowest BCUT2D eigenvalue weighted by molar-refractivity contribution is 0.183. The molecule has 3 nitrogen and oxygen atoms in total. The van der Waals surface area contributed by atoms with E-state index in [4.69, 9.17) is 22.1 Å². The smallest absolute Gasteiger partial charge is 0.148 e. The molecule has 0 fully saturated rings. The topological polar surface area (TPSA) is 48.1 Å². The van der Waals surface area contributed by atoms with E-state index >= 15 is 0 Å². The Morgan fingerprint density at radius 2 is 2.17 bits per heavy atom. The molecule has 0 spiro atoms. The van der Waals surface area contributed by atoms with Gasteiger partial charge in [-0.1, -0.05) is 11.6 Å². The van der Waals surface area contributed by atoms with Crippen molar-refractivity contribution < 1.29 is 4.74 Å². The van der Waals surface area contributed by atoms with Gasteiger partial charge in [0, 0.05) is 28.1 Å². The van der Waals surface area contributed by atoms with Crippen LogP contribution in [0, 0.1) is 6.92 Å². The highest BCUT2D eigenvalue weighted by molar-refractivity contribution is 7.12. The zero-order valence-corrected chi connectivity index (χ0v) is 11.8. The van der Waals surface area contributed by atoms with E-state index in [0.29, 0.717) is 10.8 Å². The van der Waals surface area contributed by atoms with E-state index < -0.39 is 0 Å². The molecule has 2 heterocycles. The number of halogens is 1. The van der Waals surface area contributed by atoms with Crippen molar-refractivity contribution in [1.29, 1.82) is 0 Å². The molecule has 0 aromatic carbocycles. The summed E-state index contributed by atoms with van der Waals surface area (Å²) in [6.07, 6.45) is 3.04. The van der Waals surface area contributed by atoms with Crippen molar-refractivity contribution in [3.8, 4) is 5.75 Å². The van der Waals surface area contributed by atoms with Gasteiger partial charge >= 0.3 is 0 Å². The minimum atomic E-state index is -0.177. The lowest BCUT2D eigenvalue weighted by atomic mass is 10.1. The maximum atomic E-state index is 5.99. The summed E-state index contributed by atoms with van der Waals surface area (Å²) in [7, 11) is 0. The van der Waals surface area contributed by atoms with Crippen LogP contribution in [0.4, 0.5) is 0 Å². The molecule has 0 saturated carbocycles. The maximum absolute atomic E-state index is 5.99. The maximum Gasteiger partial charge on any atom is 0.148 e. The average molecular weight is 283 g/mol. The van der Waals surface area contributed by atoms with Crippen LogP contribution in [0.3, 0.4) is 0 Å². The molecule has 0 bridgehead atoms. The van der Waals surface area contributed by atoms with Crippen LogP contribution < -0.4 is 10.5 Å². The fourth-order valence-corrected chi connectivity index (χ4v) is 2.82. The quantitative estimate of drug-likeness (QED) is 0.932. The van der Waals surface area contributed by atoms with Gasteiger partial charge in [0.1, 0.15) is 11.9 Å². The summed E-state index contributed by atoms with van der Waals surface area (Å²) in [4.78, 5) is 6.35. The molecule has 0 aliphatic carbocycles. The average Bonchev–Trinajstić information content (AvgIpc) is 2.72. The van der Waals surface area contributed by atoms with E-state index in [0.717, 1.165) is 4.88 Å². The van der Waals surface area contributed by atoms with Crippen LogP contribution in [0.2, 0.25) is 5.02 Å². The molecule has 2 aromatic heterocycles. The van der Waals surface area contributed by atoms with Gasteiger partial charge in [0.2, 0.25) is 0 Å². The molecule has 0 amide bonds. The standard InChI is InChI=1S/C13H15ClN2OS/c1-8-3-4-12(18-8)13(9(2)15)17-11-5-10(14)6-16-7-11/h3-7,9,13H,15H2,1-2H3. The first-order valence-corrected chi connectivity index (χ1v) is 6.85. The Labute approximate surface area is 116 Å². The molecule has 96 valence electrons. The van der Waals surface area contributed by atoms with Gasteiger partial charge in [-0.3, -0.25) is 4.98 Å². The van der Waals surface area contributed by atoms with Crippen LogP contribution in [0.5, 0.6) is 5.75 Å². The van der Waals surface area contributed by atoms with E-state index in [9.17, 15) is 0 Å². The second-order valence-corrected chi connectivity index (χ2v) is 5.94. The van der Waals surface area contributed by atoms with Crippen LogP contribution in [0.15, 0.2) is 30.6 Å². The Balaban J connectivity index is 2.22. The molecule has 0 aliphatic rings. The Bertz CT molecular complexity index is 527. The number of rotatable bonds is 4. The summed E-state index contributed by atoms with van der Waals surface area (Å²) in [5.74, 6) is 0.635. The molecular formula is C13H15ClN2OS. The molecule has 18 heavy (non-hydrogen) atoms. The summed E-state index contributed by atoms with van der Waals surface area (Å²) in [6.45, 7) is 3.99. The Morgan fingerprint density at radius 3 is 2.72 bits per heavy atom. The fourth-order valence-electron chi connectivity index (χ4n) is 1.63. The van der Waals surface area contributed by atoms with Crippen molar-refractivity contribution in [1.82, 2.24) is 4.98 Å². The van der Waals surface area contributed by atoms with Crippen molar-refractivity contribution in [2.75, 3.05) is 0 Å². The van der Waals surface area contributed by atoms with Crippen molar-refractivity contribution in [3.63, 3.8) is 0 Å². The third kappa shape index (κ3) is 3.22. The third-order valence-corrected chi connectivity index (χ3v) is 3.73. The zero-order valence-electron chi connectivity index (χ0n) is 10.3. The monoisotopic (exact) mass is 282 g/mol. The van der Waals surface area contributed by atoms with Crippen molar-refractivity contribution >= 4 is 22.9 Å². The number of hydrogen-bond donors (Lipinski definition) is 1. The number of aryl methyl sites for hydroxylation is 1. The van der Waals surface area contributed by atoms with Crippen molar-refractivity contribution in [2.24, 2.45) is 5.73 Å². The van der Waals surface area contributed by atoms with Gasteiger partial charge in [0.05, 0.1) is 11.2 Å². The predicted octanol–water partition coefficient (Wildman–Crippen LogP) is 3.57. The number of aromatic nitrogens is 1. The zero-order chi connectivity index (χ0) is 13.1. The number of hydrogen-bond acceptors (Lipinski definition) is 4. The molecule has 0 aliphatic heterocycles. The van der Waals surface area contributed by atoms with E-state index in [-0.39, 0.29) is 12.1 Å². The summed E-state index contributed by atoms with van der Waals surface area (Å²) >= 11 is 7.58. The van der Waals surface area contributed by atoms with Crippen LogP contribution >= 0.6 is 22.9 Å². The highest BCUT2D eigenvalue weighted by Crippen LogP contribution is 2.29. The van der Waals surface area contributed by atoms with Crippen LogP contribution in [0.1, 0.15) is 22.8 Å². The second kappa shape index (κ2) is 5.69. The van der Waals surface area contributed by atoms with E-state index in [1.165, 1.54) is 4.88 Å². The van der Waals surface area contributed by atoms with Gasteiger partial charge in [0.15, 0.2) is 0 Å². The third-order valence-electron chi connectivity index (χ3n) is 2.46. The summed E-state index contributed by atoms with van der Waals surface area (Å²) < 4.78 is 5.89. The molecule has 2 unspecified atom stereocenters. The van der Waals surface area contributed by atoms with Gasteiger partial charge in [0.25, 0.3) is 0 Å². The fraction of sp³-hybridized carbons (Fsp3) is 0.308. The minimum Gasteiger partial charge on any atom is -0.482 e. The molecule has 2 N–H and O–H groups in total. The highest BCUT2D eigenvalue weighted by Gasteiger charge is 2.20. The van der Waals surface area contributed by atoms with Crippen LogP contribution in [-0.2, 0) is 0 Å². The molecule has 0 radical (unpaired) electrons. The molecule has 2 aromatic rings. The highest BCUT2D eigenvalue weighted by atomic mass is 35.5. The molecule has 2 atom stereocenters.